The van der Waals surface area contributed by atoms with Crippen LogP contribution in [0.2, 0.25) is 0 Å². The highest BCUT2D eigenvalue weighted by molar-refractivity contribution is 7.89. The van der Waals surface area contributed by atoms with Gasteiger partial charge in [-0.3, -0.25) is 10.1 Å². The van der Waals surface area contributed by atoms with Gasteiger partial charge in [0.2, 0.25) is 10.0 Å². The van der Waals surface area contributed by atoms with Gasteiger partial charge in [0.05, 0.1) is 9.82 Å². The molecule has 0 saturated carbocycles. The highest BCUT2D eigenvalue weighted by Crippen LogP contribution is 2.31. The molecule has 1 aromatic rings. The lowest BCUT2D eigenvalue weighted by Crippen LogP contribution is -2.26. The van der Waals surface area contributed by atoms with E-state index in [1.807, 2.05) is 0 Å². The van der Waals surface area contributed by atoms with Crippen LogP contribution < -0.4 is 4.72 Å². The zero-order chi connectivity index (χ0) is 15.7. The monoisotopic (exact) mass is 318 g/mol. The van der Waals surface area contributed by atoms with Crippen molar-refractivity contribution < 1.29 is 13.3 Å². The summed E-state index contributed by atoms with van der Waals surface area (Å²) < 4.78 is 26.7. The largest absolute Gasteiger partial charge is 0.276 e. The highest BCUT2D eigenvalue weighted by atomic mass is 35.5. The van der Waals surface area contributed by atoms with Crippen LogP contribution >= 0.6 is 11.6 Å². The van der Waals surface area contributed by atoms with Gasteiger partial charge in [-0.1, -0.05) is 18.2 Å². The number of nitro groups is 1. The molecule has 0 aromatic heterocycles. The van der Waals surface area contributed by atoms with Crippen molar-refractivity contribution in [2.75, 3.05) is 6.54 Å². The summed E-state index contributed by atoms with van der Waals surface area (Å²) in [6.45, 7) is 7.83. The van der Waals surface area contributed by atoms with Crippen molar-refractivity contribution in [1.29, 1.82) is 0 Å². The Hall–Kier alpha value is -1.44. The molecule has 0 aliphatic carbocycles. The molecule has 0 aliphatic rings. The van der Waals surface area contributed by atoms with Crippen molar-refractivity contribution in [3.8, 4) is 0 Å². The van der Waals surface area contributed by atoms with Crippen molar-refractivity contribution in [1.82, 2.24) is 4.72 Å². The molecule has 0 bridgehead atoms. The number of halogens is 1. The molecular formula is C12H15ClN2O4S. The quantitative estimate of drug-likeness (QED) is 0.667. The van der Waals surface area contributed by atoms with Crippen LogP contribution in [-0.2, 0) is 10.0 Å². The minimum absolute atomic E-state index is 0.0901. The van der Waals surface area contributed by atoms with Crippen LogP contribution in [0.4, 0.5) is 5.69 Å². The van der Waals surface area contributed by atoms with Crippen molar-refractivity contribution in [3.05, 3.63) is 44.5 Å². The van der Waals surface area contributed by atoms with Crippen molar-refractivity contribution >= 4 is 27.3 Å². The van der Waals surface area contributed by atoms with E-state index in [9.17, 15) is 18.5 Å². The van der Waals surface area contributed by atoms with Crippen molar-refractivity contribution in [2.24, 2.45) is 0 Å². The number of rotatable bonds is 5. The van der Waals surface area contributed by atoms with Crippen LogP contribution in [0.3, 0.4) is 0 Å². The molecule has 1 aromatic carbocycles. The number of benzene rings is 1. The van der Waals surface area contributed by atoms with Crippen LogP contribution in [0.5, 0.6) is 0 Å². The average molecular weight is 319 g/mol. The first-order valence-electron chi connectivity index (χ1n) is 5.66. The van der Waals surface area contributed by atoms with E-state index >= 15 is 0 Å². The number of nitrogens with one attached hydrogen (secondary N) is 1. The van der Waals surface area contributed by atoms with E-state index in [1.165, 1.54) is 13.0 Å². The van der Waals surface area contributed by atoms with Gasteiger partial charge in [-0.25, -0.2) is 13.1 Å². The molecule has 0 radical (unpaired) electrons. The van der Waals surface area contributed by atoms with Gasteiger partial charge in [-0.05, 0) is 32.4 Å². The number of hydrogen-bond donors (Lipinski definition) is 1. The Balaban J connectivity index is 3.49. The Kier molecular flexibility index (Phi) is 4.90. The number of sulfonamides is 1. The molecule has 1 rings (SSSR count). The van der Waals surface area contributed by atoms with Crippen LogP contribution in [-0.4, -0.2) is 19.9 Å². The lowest BCUT2D eigenvalue weighted by Gasteiger charge is -2.13. The van der Waals surface area contributed by atoms with E-state index in [0.717, 1.165) is 0 Å². The van der Waals surface area contributed by atoms with E-state index in [2.05, 4.69) is 11.3 Å². The Morgan fingerprint density at radius 2 is 1.95 bits per heavy atom. The van der Waals surface area contributed by atoms with E-state index in [1.54, 1.807) is 13.8 Å². The molecule has 8 heteroatoms. The average Bonchev–Trinajstić information content (AvgIpc) is 2.24. The van der Waals surface area contributed by atoms with Gasteiger partial charge in [-0.15, -0.1) is 0 Å². The summed E-state index contributed by atoms with van der Waals surface area (Å²) >= 11 is 5.53. The van der Waals surface area contributed by atoms with Crippen LogP contribution in [0.15, 0.2) is 22.6 Å². The van der Waals surface area contributed by atoms with Gasteiger partial charge in [-0.2, -0.15) is 0 Å². The van der Waals surface area contributed by atoms with Crippen molar-refractivity contribution in [2.45, 2.75) is 25.7 Å². The summed E-state index contributed by atoms with van der Waals surface area (Å²) in [5.74, 6) is 0. The first kappa shape index (κ1) is 16.6. The summed E-state index contributed by atoms with van der Waals surface area (Å²) in [7, 11) is -3.89. The molecule has 0 spiro atoms. The maximum Gasteiger partial charge on any atom is 0.276 e. The summed E-state index contributed by atoms with van der Waals surface area (Å²) in [4.78, 5) is 10.4. The van der Waals surface area contributed by atoms with Gasteiger partial charge < -0.3 is 0 Å². The molecule has 0 heterocycles. The molecule has 110 valence electrons. The number of nitrogens with zero attached hydrogens (tertiary/aromatic N) is 1. The third-order valence-corrected chi connectivity index (χ3v) is 4.59. The smallest absolute Gasteiger partial charge is 0.258 e. The van der Waals surface area contributed by atoms with E-state index < -0.39 is 14.9 Å². The maximum absolute atomic E-state index is 12.2. The fourth-order valence-corrected chi connectivity index (χ4v) is 3.73. The second-order valence-corrected chi connectivity index (χ2v) is 6.65. The third-order valence-electron chi connectivity index (χ3n) is 2.77. The van der Waals surface area contributed by atoms with Gasteiger partial charge >= 0.3 is 0 Å². The summed E-state index contributed by atoms with van der Waals surface area (Å²) in [5, 5.41) is 11.2. The predicted octanol–water partition coefficient (Wildman–Crippen LogP) is 2.55. The molecule has 0 amide bonds. The standard InChI is InChI=1S/C12H15ClN2O4S/c1-7-5-8(2)12(10(4)11(7)15(16)17)20(18,19)14-6-9(3)13/h5,14H,3,6H2,1-2,4H3. The number of nitro benzene ring substituents is 1. The first-order valence-corrected chi connectivity index (χ1v) is 7.52. The van der Waals surface area contributed by atoms with E-state index in [4.69, 9.17) is 11.6 Å². The lowest BCUT2D eigenvalue weighted by molar-refractivity contribution is -0.386. The number of aryl methyl sites for hydroxylation is 2. The van der Waals surface area contributed by atoms with E-state index in [0.29, 0.717) is 11.1 Å². The second kappa shape index (κ2) is 5.90. The minimum Gasteiger partial charge on any atom is -0.258 e. The van der Waals surface area contributed by atoms with E-state index in [-0.39, 0.29) is 27.7 Å². The zero-order valence-electron chi connectivity index (χ0n) is 11.4. The highest BCUT2D eigenvalue weighted by Gasteiger charge is 2.27. The molecule has 20 heavy (non-hydrogen) atoms. The second-order valence-electron chi connectivity index (χ2n) is 4.41. The molecule has 0 aliphatic heterocycles. The molecule has 0 fully saturated rings. The Bertz CT molecular complexity index is 683. The SMILES string of the molecule is C=C(Cl)CNS(=O)(=O)c1c(C)cc(C)c([N+](=O)[O-])c1C. The topological polar surface area (TPSA) is 89.3 Å². The van der Waals surface area contributed by atoms with Gasteiger partial charge in [0.25, 0.3) is 5.69 Å². The van der Waals surface area contributed by atoms with Crippen molar-refractivity contribution in [3.63, 3.8) is 0 Å². The molecule has 0 saturated heterocycles. The van der Waals surface area contributed by atoms with Crippen LogP contribution in [0.25, 0.3) is 0 Å². The molecular weight excluding hydrogens is 304 g/mol. The Labute approximate surface area is 122 Å². The third kappa shape index (κ3) is 3.36. The predicted molar refractivity (Wildman–Crippen MR) is 77.5 cm³/mol. The Morgan fingerprint density at radius 3 is 2.40 bits per heavy atom. The molecule has 1 N–H and O–H groups in total. The van der Waals surface area contributed by atoms with Gasteiger partial charge in [0.1, 0.15) is 0 Å². The van der Waals surface area contributed by atoms with Gasteiger partial charge in [0.15, 0.2) is 0 Å². The summed E-state index contributed by atoms with van der Waals surface area (Å²) in [5.41, 5.74) is 0.782. The normalized spacial score (nSPS) is 11.4. The Morgan fingerprint density at radius 1 is 1.40 bits per heavy atom. The van der Waals surface area contributed by atoms with Crippen LogP contribution in [0, 0.1) is 30.9 Å². The maximum atomic E-state index is 12.2. The van der Waals surface area contributed by atoms with Gasteiger partial charge in [0, 0.05) is 22.7 Å². The fourth-order valence-electron chi connectivity index (χ4n) is 2.10. The fraction of sp³-hybridized carbons (Fsp3) is 0.333. The summed E-state index contributed by atoms with van der Waals surface area (Å²) in [6.07, 6.45) is 0. The molecule has 0 atom stereocenters. The zero-order valence-corrected chi connectivity index (χ0v) is 12.9. The lowest BCUT2D eigenvalue weighted by atomic mass is 10.1. The number of hydrogen-bond acceptors (Lipinski definition) is 4. The molecule has 6 nitrogen and oxygen atoms in total. The minimum atomic E-state index is -3.89. The molecule has 0 unspecified atom stereocenters. The summed E-state index contributed by atoms with van der Waals surface area (Å²) in [6, 6.07) is 1.48. The first-order chi connectivity index (χ1) is 9.08. The van der Waals surface area contributed by atoms with Crippen LogP contribution in [0.1, 0.15) is 16.7 Å².